The van der Waals surface area contributed by atoms with Crippen LogP contribution in [0.3, 0.4) is 0 Å². The topological polar surface area (TPSA) is 75.4 Å². The number of hydrogen-bond acceptors (Lipinski definition) is 3. The van der Waals surface area contributed by atoms with Crippen LogP contribution in [0.4, 0.5) is 0 Å². The molecular formula is C10H19N3O2. The minimum Gasteiger partial charge on any atom is -0.359 e. The van der Waals surface area contributed by atoms with Crippen LogP contribution in [-0.2, 0) is 9.59 Å². The van der Waals surface area contributed by atoms with Crippen molar-refractivity contribution in [3.05, 3.63) is 0 Å². The van der Waals surface area contributed by atoms with E-state index in [1.807, 2.05) is 0 Å². The van der Waals surface area contributed by atoms with Gasteiger partial charge >= 0.3 is 0 Å². The predicted molar refractivity (Wildman–Crippen MR) is 57.1 cm³/mol. The molecule has 0 aromatic rings. The van der Waals surface area contributed by atoms with E-state index in [0.29, 0.717) is 32.4 Å². The molecule has 2 amide bonds. The third-order valence-corrected chi connectivity index (χ3v) is 2.65. The fourth-order valence-corrected chi connectivity index (χ4v) is 1.71. The number of carbonyl (C=O) groups excluding carboxylic acids is 2. The van der Waals surface area contributed by atoms with Crippen LogP contribution in [0.15, 0.2) is 0 Å². The van der Waals surface area contributed by atoms with Crippen molar-refractivity contribution in [3.63, 3.8) is 0 Å². The van der Waals surface area contributed by atoms with Crippen LogP contribution in [0.25, 0.3) is 0 Å². The van der Waals surface area contributed by atoms with Gasteiger partial charge < -0.3 is 16.0 Å². The molecule has 1 aliphatic rings. The molecule has 0 aromatic heterocycles. The van der Waals surface area contributed by atoms with Gasteiger partial charge in [-0.2, -0.15) is 0 Å². The standard InChI is InChI=1S/C10H19N3O2/c1-12-9(14)3-2-6-13-7-8(11)4-5-10(13)15/h8H,2-7,11H2,1H3,(H,12,14). The Kier molecular flexibility index (Phi) is 4.55. The van der Waals surface area contributed by atoms with Crippen LogP contribution in [0.2, 0.25) is 0 Å². The molecule has 5 heteroatoms. The quantitative estimate of drug-likeness (QED) is 0.658. The van der Waals surface area contributed by atoms with Crippen LogP contribution in [0, 0.1) is 0 Å². The number of nitrogens with zero attached hydrogens (tertiary/aromatic N) is 1. The van der Waals surface area contributed by atoms with E-state index in [9.17, 15) is 9.59 Å². The van der Waals surface area contributed by atoms with E-state index >= 15 is 0 Å². The molecule has 0 aliphatic carbocycles. The molecule has 0 aromatic carbocycles. The van der Waals surface area contributed by atoms with E-state index in [2.05, 4.69) is 5.32 Å². The van der Waals surface area contributed by atoms with Crippen molar-refractivity contribution >= 4 is 11.8 Å². The highest BCUT2D eigenvalue weighted by Crippen LogP contribution is 2.10. The molecule has 0 saturated carbocycles. The molecule has 1 unspecified atom stereocenters. The summed E-state index contributed by atoms with van der Waals surface area (Å²) >= 11 is 0. The maximum Gasteiger partial charge on any atom is 0.222 e. The molecule has 0 bridgehead atoms. The van der Waals surface area contributed by atoms with Crippen molar-refractivity contribution in [2.24, 2.45) is 5.73 Å². The summed E-state index contributed by atoms with van der Waals surface area (Å²) in [6.07, 6.45) is 2.50. The highest BCUT2D eigenvalue weighted by atomic mass is 16.2. The van der Waals surface area contributed by atoms with Gasteiger partial charge in [0.2, 0.25) is 11.8 Å². The van der Waals surface area contributed by atoms with Crippen molar-refractivity contribution in [3.8, 4) is 0 Å². The highest BCUT2D eigenvalue weighted by molar-refractivity contribution is 5.77. The molecule has 15 heavy (non-hydrogen) atoms. The molecule has 1 rings (SSSR count). The van der Waals surface area contributed by atoms with E-state index in [1.54, 1.807) is 11.9 Å². The zero-order valence-corrected chi connectivity index (χ0v) is 9.16. The Morgan fingerprint density at radius 1 is 1.67 bits per heavy atom. The molecule has 0 radical (unpaired) electrons. The Morgan fingerprint density at radius 2 is 2.40 bits per heavy atom. The summed E-state index contributed by atoms with van der Waals surface area (Å²) in [7, 11) is 1.62. The van der Waals surface area contributed by atoms with Gasteiger partial charge in [-0.3, -0.25) is 9.59 Å². The Morgan fingerprint density at radius 3 is 3.07 bits per heavy atom. The highest BCUT2D eigenvalue weighted by Gasteiger charge is 2.22. The first-order valence-electron chi connectivity index (χ1n) is 5.37. The third-order valence-electron chi connectivity index (χ3n) is 2.65. The number of likely N-dealkylation sites (tertiary alicyclic amines) is 1. The van der Waals surface area contributed by atoms with Gasteiger partial charge in [0.25, 0.3) is 0 Å². The molecule has 0 spiro atoms. The Hall–Kier alpha value is -1.10. The SMILES string of the molecule is CNC(=O)CCCN1CC(N)CCC1=O. The normalized spacial score (nSPS) is 21.6. The summed E-state index contributed by atoms with van der Waals surface area (Å²) in [5, 5.41) is 2.56. The van der Waals surface area contributed by atoms with Crippen LogP contribution >= 0.6 is 0 Å². The monoisotopic (exact) mass is 213 g/mol. The second-order valence-corrected chi connectivity index (χ2v) is 3.92. The van der Waals surface area contributed by atoms with Crippen molar-refractivity contribution in [2.45, 2.75) is 31.7 Å². The van der Waals surface area contributed by atoms with E-state index in [-0.39, 0.29) is 17.9 Å². The van der Waals surface area contributed by atoms with Crippen LogP contribution in [0.5, 0.6) is 0 Å². The van der Waals surface area contributed by atoms with Gasteiger partial charge in [0.15, 0.2) is 0 Å². The van der Waals surface area contributed by atoms with Gasteiger partial charge in [0, 0.05) is 39.0 Å². The predicted octanol–water partition coefficient (Wildman–Crippen LogP) is -0.538. The van der Waals surface area contributed by atoms with Gasteiger partial charge in [-0.05, 0) is 12.8 Å². The lowest BCUT2D eigenvalue weighted by atomic mass is 10.1. The summed E-state index contributed by atoms with van der Waals surface area (Å²) in [4.78, 5) is 24.2. The fourth-order valence-electron chi connectivity index (χ4n) is 1.71. The summed E-state index contributed by atoms with van der Waals surface area (Å²) < 4.78 is 0. The molecule has 1 atom stereocenters. The van der Waals surface area contributed by atoms with Gasteiger partial charge in [-0.25, -0.2) is 0 Å². The second-order valence-electron chi connectivity index (χ2n) is 3.92. The van der Waals surface area contributed by atoms with Gasteiger partial charge in [0.05, 0.1) is 0 Å². The third kappa shape index (κ3) is 3.87. The fraction of sp³-hybridized carbons (Fsp3) is 0.800. The molecule has 1 heterocycles. The van der Waals surface area contributed by atoms with E-state index in [4.69, 9.17) is 5.73 Å². The largest absolute Gasteiger partial charge is 0.359 e. The Balaban J connectivity index is 2.24. The minimum absolute atomic E-state index is 0.0174. The average molecular weight is 213 g/mol. The number of nitrogens with two attached hydrogens (primary N) is 1. The molecular weight excluding hydrogens is 194 g/mol. The number of amides is 2. The molecule has 1 saturated heterocycles. The number of hydrogen-bond donors (Lipinski definition) is 2. The maximum atomic E-state index is 11.5. The first-order chi connectivity index (χ1) is 7.13. The summed E-state index contributed by atoms with van der Waals surface area (Å²) in [5.74, 6) is 0.178. The number of piperidine rings is 1. The van der Waals surface area contributed by atoms with Crippen molar-refractivity contribution in [2.75, 3.05) is 20.1 Å². The Labute approximate surface area is 90.0 Å². The van der Waals surface area contributed by atoms with E-state index in [0.717, 1.165) is 6.42 Å². The van der Waals surface area contributed by atoms with Gasteiger partial charge in [-0.15, -0.1) is 0 Å². The first-order valence-corrected chi connectivity index (χ1v) is 5.37. The molecule has 3 N–H and O–H groups in total. The van der Waals surface area contributed by atoms with Gasteiger partial charge in [-0.1, -0.05) is 0 Å². The van der Waals surface area contributed by atoms with Crippen molar-refractivity contribution < 1.29 is 9.59 Å². The number of carbonyl (C=O) groups is 2. The summed E-state index contributed by atoms with van der Waals surface area (Å²) in [6, 6.07) is 0.0997. The number of nitrogens with one attached hydrogen (secondary N) is 1. The first kappa shape index (κ1) is 12.0. The summed E-state index contributed by atoms with van der Waals surface area (Å²) in [6.45, 7) is 1.27. The average Bonchev–Trinajstić information content (AvgIpc) is 2.23. The minimum atomic E-state index is 0.0174. The molecule has 1 fully saturated rings. The zero-order chi connectivity index (χ0) is 11.3. The molecule has 5 nitrogen and oxygen atoms in total. The lowest BCUT2D eigenvalue weighted by molar-refractivity contribution is -0.134. The second kappa shape index (κ2) is 5.70. The lowest BCUT2D eigenvalue weighted by Gasteiger charge is -2.30. The zero-order valence-electron chi connectivity index (χ0n) is 9.16. The van der Waals surface area contributed by atoms with Crippen molar-refractivity contribution in [1.82, 2.24) is 10.2 Å². The Bertz CT molecular complexity index is 243. The maximum absolute atomic E-state index is 11.5. The van der Waals surface area contributed by atoms with E-state index in [1.165, 1.54) is 0 Å². The van der Waals surface area contributed by atoms with E-state index < -0.39 is 0 Å². The van der Waals surface area contributed by atoms with Crippen LogP contribution < -0.4 is 11.1 Å². The van der Waals surface area contributed by atoms with Crippen LogP contribution in [0.1, 0.15) is 25.7 Å². The summed E-state index contributed by atoms with van der Waals surface area (Å²) in [5.41, 5.74) is 5.77. The van der Waals surface area contributed by atoms with Gasteiger partial charge in [0.1, 0.15) is 0 Å². The number of rotatable bonds is 4. The van der Waals surface area contributed by atoms with Crippen LogP contribution in [-0.4, -0.2) is 42.9 Å². The smallest absolute Gasteiger partial charge is 0.222 e. The molecule has 86 valence electrons. The van der Waals surface area contributed by atoms with Crippen molar-refractivity contribution in [1.29, 1.82) is 0 Å². The molecule has 1 aliphatic heterocycles. The lowest BCUT2D eigenvalue weighted by Crippen LogP contribution is -2.46.